The van der Waals surface area contributed by atoms with Crippen molar-refractivity contribution in [2.45, 2.75) is 51.4 Å². The molecule has 1 fully saturated rings. The van der Waals surface area contributed by atoms with Crippen molar-refractivity contribution < 1.29 is 0 Å². The lowest BCUT2D eigenvalue weighted by Crippen LogP contribution is -2.04. The highest BCUT2D eigenvalue weighted by Crippen LogP contribution is 2.33. The van der Waals surface area contributed by atoms with Gasteiger partial charge in [-0.1, -0.05) is 56.5 Å². The SMILES string of the molecule is CCc1cc(-c2ccc(C3CCCCC3)cc2)ccc1N. The molecule has 1 saturated carbocycles. The van der Waals surface area contributed by atoms with Gasteiger partial charge in [-0.25, -0.2) is 0 Å². The Morgan fingerprint density at radius 2 is 1.57 bits per heavy atom. The second-order valence-electron chi connectivity index (χ2n) is 6.22. The number of hydrogen-bond acceptors (Lipinski definition) is 1. The average molecular weight is 279 g/mol. The van der Waals surface area contributed by atoms with E-state index in [4.69, 9.17) is 5.73 Å². The molecule has 0 unspecified atom stereocenters. The van der Waals surface area contributed by atoms with E-state index in [1.165, 1.54) is 54.4 Å². The number of anilines is 1. The highest BCUT2D eigenvalue weighted by atomic mass is 14.6. The topological polar surface area (TPSA) is 26.0 Å². The number of hydrogen-bond donors (Lipinski definition) is 1. The first-order valence-corrected chi connectivity index (χ1v) is 8.26. The highest BCUT2D eigenvalue weighted by Gasteiger charge is 2.15. The summed E-state index contributed by atoms with van der Waals surface area (Å²) in [5.41, 5.74) is 12.2. The number of aryl methyl sites for hydroxylation is 1. The summed E-state index contributed by atoms with van der Waals surface area (Å²) in [6.45, 7) is 2.15. The number of benzene rings is 2. The monoisotopic (exact) mass is 279 g/mol. The van der Waals surface area contributed by atoms with Gasteiger partial charge in [0.15, 0.2) is 0 Å². The molecule has 21 heavy (non-hydrogen) atoms. The fraction of sp³-hybridized carbons (Fsp3) is 0.400. The van der Waals surface area contributed by atoms with Gasteiger partial charge in [-0.15, -0.1) is 0 Å². The van der Waals surface area contributed by atoms with Crippen molar-refractivity contribution in [1.29, 1.82) is 0 Å². The Bertz CT molecular complexity index is 592. The molecule has 2 aromatic carbocycles. The Balaban J connectivity index is 1.83. The van der Waals surface area contributed by atoms with Gasteiger partial charge in [0.1, 0.15) is 0 Å². The highest BCUT2D eigenvalue weighted by molar-refractivity contribution is 5.68. The predicted octanol–water partition coefficient (Wildman–Crippen LogP) is 5.55. The normalized spacial score (nSPS) is 16.0. The van der Waals surface area contributed by atoms with Crippen LogP contribution in [0.2, 0.25) is 0 Å². The Kier molecular flexibility index (Phi) is 4.28. The lowest BCUT2D eigenvalue weighted by molar-refractivity contribution is 0.443. The molecule has 0 heterocycles. The first-order chi connectivity index (χ1) is 10.3. The lowest BCUT2D eigenvalue weighted by Gasteiger charge is -2.22. The van der Waals surface area contributed by atoms with Crippen molar-refractivity contribution in [3.63, 3.8) is 0 Å². The van der Waals surface area contributed by atoms with Crippen LogP contribution in [0.5, 0.6) is 0 Å². The van der Waals surface area contributed by atoms with E-state index in [0.717, 1.165) is 18.0 Å². The third kappa shape index (κ3) is 3.12. The van der Waals surface area contributed by atoms with Crippen LogP contribution in [0.15, 0.2) is 42.5 Å². The van der Waals surface area contributed by atoms with E-state index >= 15 is 0 Å². The first-order valence-electron chi connectivity index (χ1n) is 8.26. The quantitative estimate of drug-likeness (QED) is 0.733. The van der Waals surface area contributed by atoms with Gasteiger partial charge in [0.2, 0.25) is 0 Å². The van der Waals surface area contributed by atoms with Crippen LogP contribution in [0, 0.1) is 0 Å². The Morgan fingerprint density at radius 3 is 2.24 bits per heavy atom. The van der Waals surface area contributed by atoms with Crippen LogP contribution in [0.3, 0.4) is 0 Å². The fourth-order valence-electron chi connectivity index (χ4n) is 3.48. The third-order valence-corrected chi connectivity index (χ3v) is 4.84. The largest absolute Gasteiger partial charge is 0.399 e. The number of nitrogen functional groups attached to an aromatic ring is 1. The summed E-state index contributed by atoms with van der Waals surface area (Å²) in [5, 5.41) is 0. The van der Waals surface area contributed by atoms with Gasteiger partial charge in [0, 0.05) is 5.69 Å². The summed E-state index contributed by atoms with van der Waals surface area (Å²) in [6.07, 6.45) is 7.91. The minimum Gasteiger partial charge on any atom is -0.399 e. The van der Waals surface area contributed by atoms with E-state index in [9.17, 15) is 0 Å². The van der Waals surface area contributed by atoms with Crippen LogP contribution in [0.25, 0.3) is 11.1 Å². The Labute approximate surface area is 128 Å². The molecule has 0 spiro atoms. The van der Waals surface area contributed by atoms with E-state index in [-0.39, 0.29) is 0 Å². The van der Waals surface area contributed by atoms with E-state index in [2.05, 4.69) is 43.3 Å². The molecule has 0 saturated heterocycles. The van der Waals surface area contributed by atoms with Gasteiger partial charge in [-0.2, -0.15) is 0 Å². The summed E-state index contributed by atoms with van der Waals surface area (Å²) >= 11 is 0. The molecule has 0 amide bonds. The van der Waals surface area contributed by atoms with Gasteiger partial charge in [0.25, 0.3) is 0 Å². The third-order valence-electron chi connectivity index (χ3n) is 4.84. The second kappa shape index (κ2) is 6.34. The molecule has 3 rings (SSSR count). The van der Waals surface area contributed by atoms with Crippen LogP contribution < -0.4 is 5.73 Å². The summed E-state index contributed by atoms with van der Waals surface area (Å²) < 4.78 is 0. The van der Waals surface area contributed by atoms with Crippen molar-refractivity contribution in [2.24, 2.45) is 0 Å². The smallest absolute Gasteiger partial charge is 0.0346 e. The Hall–Kier alpha value is -1.76. The molecular weight excluding hydrogens is 254 g/mol. The number of rotatable bonds is 3. The van der Waals surface area contributed by atoms with Crippen LogP contribution in [-0.4, -0.2) is 0 Å². The molecule has 1 nitrogen and oxygen atoms in total. The van der Waals surface area contributed by atoms with E-state index in [1.807, 2.05) is 6.07 Å². The molecular formula is C20H25N. The zero-order chi connectivity index (χ0) is 14.7. The molecule has 2 aromatic rings. The molecule has 0 radical (unpaired) electrons. The molecule has 1 aliphatic carbocycles. The molecule has 110 valence electrons. The first kappa shape index (κ1) is 14.2. The van der Waals surface area contributed by atoms with Gasteiger partial charge in [0.05, 0.1) is 0 Å². The summed E-state index contributed by atoms with van der Waals surface area (Å²) in [7, 11) is 0. The van der Waals surface area contributed by atoms with Crippen molar-refractivity contribution in [1.82, 2.24) is 0 Å². The van der Waals surface area contributed by atoms with Gasteiger partial charge < -0.3 is 5.73 Å². The second-order valence-corrected chi connectivity index (χ2v) is 6.22. The zero-order valence-corrected chi connectivity index (χ0v) is 12.9. The minimum atomic E-state index is 0.783. The van der Waals surface area contributed by atoms with Crippen molar-refractivity contribution >= 4 is 5.69 Å². The van der Waals surface area contributed by atoms with Gasteiger partial charge >= 0.3 is 0 Å². The zero-order valence-electron chi connectivity index (χ0n) is 12.9. The molecule has 1 heteroatoms. The fourth-order valence-corrected chi connectivity index (χ4v) is 3.48. The maximum absolute atomic E-state index is 6.00. The standard InChI is InChI=1S/C20H25N/c1-2-15-14-19(12-13-20(15)21)18-10-8-17(9-11-18)16-6-4-3-5-7-16/h8-14,16H,2-7,21H2,1H3. The van der Waals surface area contributed by atoms with Crippen LogP contribution in [0.4, 0.5) is 5.69 Å². The van der Waals surface area contributed by atoms with Crippen LogP contribution in [-0.2, 0) is 6.42 Å². The maximum Gasteiger partial charge on any atom is 0.0346 e. The molecule has 0 atom stereocenters. The average Bonchev–Trinajstić information content (AvgIpc) is 2.56. The summed E-state index contributed by atoms with van der Waals surface area (Å²) in [6, 6.07) is 15.6. The molecule has 2 N–H and O–H groups in total. The number of nitrogens with two attached hydrogens (primary N) is 1. The maximum atomic E-state index is 6.00. The summed E-state index contributed by atoms with van der Waals surface area (Å²) in [4.78, 5) is 0. The van der Waals surface area contributed by atoms with Crippen LogP contribution >= 0.6 is 0 Å². The lowest BCUT2D eigenvalue weighted by atomic mass is 9.83. The minimum absolute atomic E-state index is 0.783. The van der Waals surface area contributed by atoms with Crippen molar-refractivity contribution in [3.8, 4) is 11.1 Å². The van der Waals surface area contributed by atoms with E-state index in [1.54, 1.807) is 0 Å². The van der Waals surface area contributed by atoms with E-state index in [0.29, 0.717) is 0 Å². The van der Waals surface area contributed by atoms with Crippen molar-refractivity contribution in [3.05, 3.63) is 53.6 Å². The molecule has 1 aliphatic rings. The van der Waals surface area contributed by atoms with Crippen molar-refractivity contribution in [2.75, 3.05) is 5.73 Å². The molecule has 0 bridgehead atoms. The Morgan fingerprint density at radius 1 is 0.905 bits per heavy atom. The van der Waals surface area contributed by atoms with Crippen LogP contribution in [0.1, 0.15) is 56.1 Å². The predicted molar refractivity (Wildman–Crippen MR) is 91.5 cm³/mol. The van der Waals surface area contributed by atoms with E-state index < -0.39 is 0 Å². The summed E-state index contributed by atoms with van der Waals surface area (Å²) in [5.74, 6) is 0.783. The molecule has 0 aliphatic heterocycles. The van der Waals surface area contributed by atoms with Gasteiger partial charge in [-0.05, 0) is 59.6 Å². The van der Waals surface area contributed by atoms with Gasteiger partial charge in [-0.3, -0.25) is 0 Å². The molecule has 0 aromatic heterocycles.